The summed E-state index contributed by atoms with van der Waals surface area (Å²) >= 11 is 0. The summed E-state index contributed by atoms with van der Waals surface area (Å²) < 4.78 is 0. The molecule has 0 aliphatic rings. The second-order valence-corrected chi connectivity index (χ2v) is 3.95. The second kappa shape index (κ2) is 6.28. The molecule has 1 aromatic carbocycles. The van der Waals surface area contributed by atoms with E-state index in [1.54, 1.807) is 0 Å². The van der Waals surface area contributed by atoms with Gasteiger partial charge in [0.2, 0.25) is 5.91 Å². The fourth-order valence-corrected chi connectivity index (χ4v) is 1.68. The number of aryl methyl sites for hydroxylation is 1. The molecule has 0 heterocycles. The first-order chi connectivity index (χ1) is 7.69. The van der Waals surface area contributed by atoms with E-state index in [9.17, 15) is 4.79 Å². The molecule has 2 N–H and O–H groups in total. The van der Waals surface area contributed by atoms with Crippen molar-refractivity contribution in [2.75, 3.05) is 13.1 Å². The molecule has 0 saturated heterocycles. The number of hydrogen-bond acceptors (Lipinski definition) is 2. The van der Waals surface area contributed by atoms with Gasteiger partial charge >= 0.3 is 0 Å². The normalized spacial score (nSPS) is 10.2. The predicted octanol–water partition coefficient (Wildman–Crippen LogP) is 1.69. The average molecular weight is 220 g/mol. The number of hydrogen-bond donors (Lipinski definition) is 1. The standard InChI is InChI=1S/C13H20N2O/c1-3-8-15(13(16)9-14)10-12-7-5-4-6-11(12)2/h4-7H,3,8-10,14H2,1-2H3. The van der Waals surface area contributed by atoms with Gasteiger partial charge in [0.25, 0.3) is 0 Å². The molecule has 16 heavy (non-hydrogen) atoms. The van der Waals surface area contributed by atoms with Gasteiger partial charge in [-0.2, -0.15) is 0 Å². The van der Waals surface area contributed by atoms with Crippen molar-refractivity contribution in [3.05, 3.63) is 35.4 Å². The van der Waals surface area contributed by atoms with Crippen LogP contribution < -0.4 is 5.73 Å². The van der Waals surface area contributed by atoms with Crippen LogP contribution in [0.2, 0.25) is 0 Å². The van der Waals surface area contributed by atoms with Gasteiger partial charge in [-0.1, -0.05) is 31.2 Å². The number of rotatable bonds is 5. The highest BCUT2D eigenvalue weighted by atomic mass is 16.2. The molecule has 0 aliphatic heterocycles. The first-order valence-corrected chi connectivity index (χ1v) is 5.71. The minimum Gasteiger partial charge on any atom is -0.337 e. The summed E-state index contributed by atoms with van der Waals surface area (Å²) in [6.07, 6.45) is 0.956. The van der Waals surface area contributed by atoms with Gasteiger partial charge in [-0.25, -0.2) is 0 Å². The van der Waals surface area contributed by atoms with Crippen LogP contribution in [0.4, 0.5) is 0 Å². The molecule has 0 unspecified atom stereocenters. The summed E-state index contributed by atoms with van der Waals surface area (Å²) in [6.45, 7) is 5.65. The summed E-state index contributed by atoms with van der Waals surface area (Å²) in [6, 6.07) is 8.13. The summed E-state index contributed by atoms with van der Waals surface area (Å²) in [5, 5.41) is 0. The number of nitrogens with zero attached hydrogens (tertiary/aromatic N) is 1. The lowest BCUT2D eigenvalue weighted by molar-refractivity contribution is -0.130. The molecular formula is C13H20N2O. The Hall–Kier alpha value is -1.35. The summed E-state index contributed by atoms with van der Waals surface area (Å²) in [4.78, 5) is 13.4. The van der Waals surface area contributed by atoms with E-state index in [1.165, 1.54) is 11.1 Å². The minimum atomic E-state index is 0.0186. The molecule has 0 aromatic heterocycles. The van der Waals surface area contributed by atoms with Crippen LogP contribution in [0.15, 0.2) is 24.3 Å². The van der Waals surface area contributed by atoms with Gasteiger partial charge in [0.05, 0.1) is 6.54 Å². The van der Waals surface area contributed by atoms with Gasteiger partial charge in [-0.3, -0.25) is 4.79 Å². The highest BCUT2D eigenvalue weighted by Gasteiger charge is 2.11. The Morgan fingerprint density at radius 3 is 2.62 bits per heavy atom. The van der Waals surface area contributed by atoms with Crippen molar-refractivity contribution in [1.29, 1.82) is 0 Å². The van der Waals surface area contributed by atoms with Crippen molar-refractivity contribution in [3.8, 4) is 0 Å². The van der Waals surface area contributed by atoms with E-state index in [-0.39, 0.29) is 12.5 Å². The Balaban J connectivity index is 2.75. The van der Waals surface area contributed by atoms with E-state index < -0.39 is 0 Å². The molecule has 88 valence electrons. The molecule has 3 nitrogen and oxygen atoms in total. The highest BCUT2D eigenvalue weighted by Crippen LogP contribution is 2.10. The molecule has 0 atom stereocenters. The number of nitrogens with two attached hydrogens (primary N) is 1. The zero-order valence-electron chi connectivity index (χ0n) is 10.1. The van der Waals surface area contributed by atoms with Crippen molar-refractivity contribution in [3.63, 3.8) is 0 Å². The zero-order chi connectivity index (χ0) is 12.0. The quantitative estimate of drug-likeness (QED) is 0.821. The van der Waals surface area contributed by atoms with Crippen LogP contribution in [0, 0.1) is 6.92 Å². The van der Waals surface area contributed by atoms with Crippen molar-refractivity contribution in [2.45, 2.75) is 26.8 Å². The van der Waals surface area contributed by atoms with E-state index >= 15 is 0 Å². The molecule has 0 saturated carbocycles. The summed E-state index contributed by atoms with van der Waals surface area (Å²) in [5.74, 6) is 0.0186. The molecular weight excluding hydrogens is 200 g/mol. The van der Waals surface area contributed by atoms with Crippen LogP contribution in [0.3, 0.4) is 0 Å². The van der Waals surface area contributed by atoms with Crippen LogP contribution in [0.1, 0.15) is 24.5 Å². The van der Waals surface area contributed by atoms with E-state index in [1.807, 2.05) is 17.0 Å². The van der Waals surface area contributed by atoms with Crippen LogP contribution in [0.5, 0.6) is 0 Å². The van der Waals surface area contributed by atoms with Gasteiger partial charge in [0, 0.05) is 13.1 Å². The topological polar surface area (TPSA) is 46.3 Å². The third kappa shape index (κ3) is 3.35. The van der Waals surface area contributed by atoms with Crippen molar-refractivity contribution < 1.29 is 4.79 Å². The average Bonchev–Trinajstić information content (AvgIpc) is 2.30. The Morgan fingerprint density at radius 2 is 2.06 bits per heavy atom. The predicted molar refractivity (Wildman–Crippen MR) is 65.9 cm³/mol. The highest BCUT2D eigenvalue weighted by molar-refractivity contribution is 5.78. The fraction of sp³-hybridized carbons (Fsp3) is 0.462. The lowest BCUT2D eigenvalue weighted by Gasteiger charge is -2.22. The smallest absolute Gasteiger partial charge is 0.236 e. The maximum Gasteiger partial charge on any atom is 0.236 e. The molecule has 0 bridgehead atoms. The zero-order valence-corrected chi connectivity index (χ0v) is 10.1. The van der Waals surface area contributed by atoms with Crippen LogP contribution in [-0.2, 0) is 11.3 Å². The molecule has 1 amide bonds. The molecule has 0 aliphatic carbocycles. The summed E-state index contributed by atoms with van der Waals surface area (Å²) in [7, 11) is 0. The third-order valence-corrected chi connectivity index (χ3v) is 2.64. The number of carbonyl (C=O) groups excluding carboxylic acids is 1. The SMILES string of the molecule is CCCN(Cc1ccccc1C)C(=O)CN. The van der Waals surface area contributed by atoms with Crippen molar-refractivity contribution in [1.82, 2.24) is 4.90 Å². The number of carbonyl (C=O) groups is 1. The van der Waals surface area contributed by atoms with Gasteiger partial charge in [-0.15, -0.1) is 0 Å². The van der Waals surface area contributed by atoms with Crippen LogP contribution >= 0.6 is 0 Å². The molecule has 1 rings (SSSR count). The lowest BCUT2D eigenvalue weighted by atomic mass is 10.1. The maximum atomic E-state index is 11.6. The van der Waals surface area contributed by atoms with Crippen LogP contribution in [-0.4, -0.2) is 23.9 Å². The lowest BCUT2D eigenvalue weighted by Crippen LogP contribution is -2.36. The van der Waals surface area contributed by atoms with Crippen LogP contribution in [0.25, 0.3) is 0 Å². The Morgan fingerprint density at radius 1 is 1.38 bits per heavy atom. The van der Waals surface area contributed by atoms with Crippen molar-refractivity contribution >= 4 is 5.91 Å². The maximum absolute atomic E-state index is 11.6. The molecule has 0 fully saturated rings. The Bertz CT molecular complexity index is 350. The third-order valence-electron chi connectivity index (χ3n) is 2.64. The fourth-order valence-electron chi connectivity index (χ4n) is 1.68. The largest absolute Gasteiger partial charge is 0.337 e. The summed E-state index contributed by atoms with van der Waals surface area (Å²) in [5.41, 5.74) is 7.81. The van der Waals surface area contributed by atoms with E-state index in [0.717, 1.165) is 13.0 Å². The molecule has 0 radical (unpaired) electrons. The van der Waals surface area contributed by atoms with E-state index in [2.05, 4.69) is 26.0 Å². The number of benzene rings is 1. The van der Waals surface area contributed by atoms with Crippen molar-refractivity contribution in [2.24, 2.45) is 5.73 Å². The monoisotopic (exact) mass is 220 g/mol. The molecule has 1 aromatic rings. The second-order valence-electron chi connectivity index (χ2n) is 3.95. The van der Waals surface area contributed by atoms with Gasteiger partial charge < -0.3 is 10.6 Å². The van der Waals surface area contributed by atoms with E-state index in [0.29, 0.717) is 6.54 Å². The number of amides is 1. The first kappa shape index (κ1) is 12.7. The molecule has 0 spiro atoms. The van der Waals surface area contributed by atoms with E-state index in [4.69, 9.17) is 5.73 Å². The van der Waals surface area contributed by atoms with Gasteiger partial charge in [0.1, 0.15) is 0 Å². The Kier molecular flexibility index (Phi) is 4.99. The Labute approximate surface area is 97.2 Å². The molecule has 3 heteroatoms. The minimum absolute atomic E-state index is 0.0186. The van der Waals surface area contributed by atoms with Gasteiger partial charge in [0.15, 0.2) is 0 Å². The van der Waals surface area contributed by atoms with Gasteiger partial charge in [-0.05, 0) is 24.5 Å². The first-order valence-electron chi connectivity index (χ1n) is 5.71.